The Bertz CT molecular complexity index is 528. The van der Waals surface area contributed by atoms with E-state index in [1.54, 1.807) is 24.3 Å². The molecule has 0 aliphatic rings. The maximum Gasteiger partial charge on any atom is 0.374 e. The number of hydrogen-bond acceptors (Lipinski definition) is 3. The average molecular weight is 265 g/mol. The predicted octanol–water partition coefficient (Wildman–Crippen LogP) is 4.17. The van der Waals surface area contributed by atoms with Crippen molar-refractivity contribution < 1.29 is 13.9 Å². The lowest BCUT2D eigenvalue weighted by molar-refractivity contribution is 0.0470. The molecule has 18 heavy (non-hydrogen) atoms. The van der Waals surface area contributed by atoms with Crippen molar-refractivity contribution in [1.82, 2.24) is 0 Å². The van der Waals surface area contributed by atoms with E-state index in [2.05, 4.69) is 0 Å². The number of furan rings is 1. The van der Waals surface area contributed by atoms with Crippen molar-refractivity contribution in [2.75, 3.05) is 6.61 Å². The minimum atomic E-state index is -0.433. The van der Waals surface area contributed by atoms with Crippen molar-refractivity contribution in [1.29, 1.82) is 0 Å². The first-order valence-electron chi connectivity index (χ1n) is 5.73. The van der Waals surface area contributed by atoms with Crippen molar-refractivity contribution in [3.05, 3.63) is 47.2 Å². The molecule has 0 spiro atoms. The Kier molecular flexibility index (Phi) is 4.05. The highest BCUT2D eigenvalue weighted by molar-refractivity contribution is 6.30. The molecule has 0 fully saturated rings. The highest BCUT2D eigenvalue weighted by Crippen LogP contribution is 2.24. The van der Waals surface area contributed by atoms with Crippen LogP contribution in [0.2, 0.25) is 5.02 Å². The van der Waals surface area contributed by atoms with Crippen molar-refractivity contribution >= 4 is 17.6 Å². The van der Waals surface area contributed by atoms with Crippen LogP contribution in [0, 0.1) is 0 Å². The van der Waals surface area contributed by atoms with Gasteiger partial charge in [-0.2, -0.15) is 0 Å². The first-order valence-corrected chi connectivity index (χ1v) is 6.11. The number of esters is 1. The zero-order chi connectivity index (χ0) is 13.0. The summed E-state index contributed by atoms with van der Waals surface area (Å²) in [6.07, 6.45) is 0.788. The molecule has 94 valence electrons. The van der Waals surface area contributed by atoms with Crippen LogP contribution in [0.5, 0.6) is 0 Å². The van der Waals surface area contributed by atoms with Crippen molar-refractivity contribution in [3.8, 4) is 11.3 Å². The van der Waals surface area contributed by atoms with Gasteiger partial charge in [0.05, 0.1) is 6.61 Å². The molecule has 0 bridgehead atoms. The molecule has 0 aliphatic carbocycles. The first kappa shape index (κ1) is 12.7. The molecule has 0 unspecified atom stereocenters. The van der Waals surface area contributed by atoms with Gasteiger partial charge in [-0.05, 0) is 42.8 Å². The lowest BCUT2D eigenvalue weighted by Gasteiger charge is -2.00. The summed E-state index contributed by atoms with van der Waals surface area (Å²) in [7, 11) is 0. The Balaban J connectivity index is 2.15. The molecule has 1 heterocycles. The topological polar surface area (TPSA) is 39.4 Å². The van der Waals surface area contributed by atoms with E-state index < -0.39 is 5.97 Å². The number of benzene rings is 1. The fraction of sp³-hybridized carbons (Fsp3) is 0.214. The summed E-state index contributed by atoms with van der Waals surface area (Å²) in [5, 5.41) is 0.660. The number of carbonyl (C=O) groups excluding carboxylic acids is 1. The van der Waals surface area contributed by atoms with Crippen LogP contribution < -0.4 is 0 Å². The predicted molar refractivity (Wildman–Crippen MR) is 69.7 cm³/mol. The van der Waals surface area contributed by atoms with Gasteiger partial charge in [-0.3, -0.25) is 0 Å². The minimum absolute atomic E-state index is 0.216. The lowest BCUT2D eigenvalue weighted by atomic mass is 10.2. The second kappa shape index (κ2) is 5.74. The van der Waals surface area contributed by atoms with Gasteiger partial charge in [0.2, 0.25) is 5.76 Å². The third kappa shape index (κ3) is 2.93. The van der Waals surface area contributed by atoms with E-state index in [0.717, 1.165) is 12.0 Å². The van der Waals surface area contributed by atoms with E-state index in [9.17, 15) is 4.79 Å². The molecule has 0 amide bonds. The molecular formula is C14H13ClO3. The Morgan fingerprint density at radius 1 is 1.22 bits per heavy atom. The highest BCUT2D eigenvalue weighted by Gasteiger charge is 2.13. The second-order valence-corrected chi connectivity index (χ2v) is 4.24. The van der Waals surface area contributed by atoms with Crippen molar-refractivity contribution in [3.63, 3.8) is 0 Å². The normalized spacial score (nSPS) is 10.3. The summed E-state index contributed by atoms with van der Waals surface area (Å²) in [6.45, 7) is 2.34. The van der Waals surface area contributed by atoms with E-state index >= 15 is 0 Å². The quantitative estimate of drug-likeness (QED) is 0.778. The van der Waals surface area contributed by atoms with Crippen LogP contribution in [-0.2, 0) is 4.74 Å². The van der Waals surface area contributed by atoms with Gasteiger partial charge in [0, 0.05) is 10.6 Å². The third-order valence-corrected chi connectivity index (χ3v) is 2.63. The molecule has 0 saturated carbocycles. The van der Waals surface area contributed by atoms with Crippen LogP contribution in [0.25, 0.3) is 11.3 Å². The average Bonchev–Trinajstić information content (AvgIpc) is 2.86. The summed E-state index contributed by atoms with van der Waals surface area (Å²) in [6, 6.07) is 10.6. The van der Waals surface area contributed by atoms with Crippen LogP contribution in [0.15, 0.2) is 40.8 Å². The minimum Gasteiger partial charge on any atom is -0.460 e. The fourth-order valence-electron chi connectivity index (χ4n) is 1.48. The molecule has 2 rings (SSSR count). The standard InChI is InChI=1S/C14H13ClO3/c1-2-9-17-14(16)13-8-7-12(18-13)10-3-5-11(15)6-4-10/h3-8H,2,9H2,1H3. The Hall–Kier alpha value is -1.74. The zero-order valence-corrected chi connectivity index (χ0v) is 10.7. The van der Waals surface area contributed by atoms with Crippen molar-refractivity contribution in [2.24, 2.45) is 0 Å². The smallest absolute Gasteiger partial charge is 0.374 e. The molecule has 4 heteroatoms. The summed E-state index contributed by atoms with van der Waals surface area (Å²) in [5.41, 5.74) is 0.869. The highest BCUT2D eigenvalue weighted by atomic mass is 35.5. The van der Waals surface area contributed by atoms with Gasteiger partial charge in [0.15, 0.2) is 0 Å². The number of hydrogen-bond donors (Lipinski definition) is 0. The molecule has 0 radical (unpaired) electrons. The SMILES string of the molecule is CCCOC(=O)c1ccc(-c2ccc(Cl)cc2)o1. The Morgan fingerprint density at radius 2 is 1.94 bits per heavy atom. The molecule has 0 saturated heterocycles. The molecule has 0 atom stereocenters. The molecule has 2 aromatic rings. The van der Waals surface area contributed by atoms with Crippen LogP contribution in [-0.4, -0.2) is 12.6 Å². The molecule has 1 aromatic carbocycles. The zero-order valence-electron chi connectivity index (χ0n) is 9.98. The fourth-order valence-corrected chi connectivity index (χ4v) is 1.61. The molecular weight excluding hydrogens is 252 g/mol. The Morgan fingerprint density at radius 3 is 2.61 bits per heavy atom. The van der Waals surface area contributed by atoms with E-state index in [1.165, 1.54) is 0 Å². The third-order valence-electron chi connectivity index (χ3n) is 2.37. The van der Waals surface area contributed by atoms with Gasteiger partial charge in [-0.1, -0.05) is 18.5 Å². The van der Waals surface area contributed by atoms with Gasteiger partial charge in [0.25, 0.3) is 0 Å². The largest absolute Gasteiger partial charge is 0.460 e. The van der Waals surface area contributed by atoms with Crippen LogP contribution in [0.3, 0.4) is 0 Å². The molecule has 0 aliphatic heterocycles. The summed E-state index contributed by atoms with van der Waals surface area (Å²) < 4.78 is 10.4. The number of halogens is 1. The lowest BCUT2D eigenvalue weighted by Crippen LogP contribution is -2.04. The molecule has 0 N–H and O–H groups in total. The number of rotatable bonds is 4. The Labute approximate surface area is 110 Å². The van der Waals surface area contributed by atoms with Crippen LogP contribution in [0.1, 0.15) is 23.9 Å². The summed E-state index contributed by atoms with van der Waals surface area (Å²) in [4.78, 5) is 11.6. The monoisotopic (exact) mass is 264 g/mol. The molecule has 1 aromatic heterocycles. The van der Waals surface area contributed by atoms with Gasteiger partial charge in [0.1, 0.15) is 5.76 Å². The van der Waals surface area contributed by atoms with Gasteiger partial charge < -0.3 is 9.15 Å². The summed E-state index contributed by atoms with van der Waals surface area (Å²) >= 11 is 5.81. The van der Waals surface area contributed by atoms with Gasteiger partial charge in [-0.15, -0.1) is 0 Å². The van der Waals surface area contributed by atoms with E-state index in [4.69, 9.17) is 20.8 Å². The maximum absolute atomic E-state index is 11.6. The number of ether oxygens (including phenoxy) is 1. The number of carbonyl (C=O) groups is 1. The van der Waals surface area contributed by atoms with E-state index in [0.29, 0.717) is 17.4 Å². The molecule has 3 nitrogen and oxygen atoms in total. The van der Waals surface area contributed by atoms with Crippen LogP contribution >= 0.6 is 11.6 Å². The van der Waals surface area contributed by atoms with Gasteiger partial charge in [-0.25, -0.2) is 4.79 Å². The van der Waals surface area contributed by atoms with Crippen LogP contribution in [0.4, 0.5) is 0 Å². The van der Waals surface area contributed by atoms with Gasteiger partial charge >= 0.3 is 5.97 Å². The summed E-state index contributed by atoms with van der Waals surface area (Å²) in [5.74, 6) is 0.403. The first-order chi connectivity index (χ1) is 8.70. The second-order valence-electron chi connectivity index (χ2n) is 3.81. The van der Waals surface area contributed by atoms with E-state index in [-0.39, 0.29) is 5.76 Å². The van der Waals surface area contributed by atoms with E-state index in [1.807, 2.05) is 19.1 Å². The van der Waals surface area contributed by atoms with Crippen molar-refractivity contribution in [2.45, 2.75) is 13.3 Å². The maximum atomic E-state index is 11.6.